The molecule has 1 aromatic carbocycles. The minimum absolute atomic E-state index is 0.0252. The molecule has 6 heteroatoms. The molecule has 2 aromatic rings. The molecule has 0 aliphatic carbocycles. The minimum Gasteiger partial charge on any atom is -0.497 e. The van der Waals surface area contributed by atoms with Gasteiger partial charge in [-0.25, -0.2) is 4.98 Å². The van der Waals surface area contributed by atoms with E-state index in [1.165, 1.54) is 0 Å². The molecule has 134 valence electrons. The van der Waals surface area contributed by atoms with Crippen LogP contribution in [0.15, 0.2) is 34.9 Å². The summed E-state index contributed by atoms with van der Waals surface area (Å²) in [6.07, 6.45) is 4.42. The van der Waals surface area contributed by atoms with E-state index in [2.05, 4.69) is 4.98 Å². The zero-order valence-corrected chi connectivity index (χ0v) is 14.7. The molecule has 25 heavy (non-hydrogen) atoms. The Labute approximate surface area is 147 Å². The largest absolute Gasteiger partial charge is 0.497 e. The number of carbonyl (C=O) groups is 1. The van der Waals surface area contributed by atoms with Crippen molar-refractivity contribution < 1.29 is 18.7 Å². The van der Waals surface area contributed by atoms with E-state index in [9.17, 15) is 4.79 Å². The molecule has 0 saturated carbocycles. The lowest BCUT2D eigenvalue weighted by molar-refractivity contribution is -0.136. The third-order valence-corrected chi connectivity index (χ3v) is 4.50. The first kappa shape index (κ1) is 17.5. The van der Waals surface area contributed by atoms with Crippen LogP contribution >= 0.6 is 0 Å². The van der Waals surface area contributed by atoms with Gasteiger partial charge >= 0.3 is 0 Å². The van der Waals surface area contributed by atoms with Crippen LogP contribution in [0.1, 0.15) is 36.0 Å². The average molecular weight is 344 g/mol. The zero-order valence-electron chi connectivity index (χ0n) is 14.7. The fourth-order valence-electron chi connectivity index (χ4n) is 3.16. The van der Waals surface area contributed by atoms with Crippen LogP contribution in [0.4, 0.5) is 0 Å². The van der Waals surface area contributed by atoms with Gasteiger partial charge in [0.2, 0.25) is 5.91 Å². The molecule has 1 atom stereocenters. The molecule has 1 aliphatic heterocycles. The lowest BCUT2D eigenvalue weighted by Gasteiger charge is -2.31. The lowest BCUT2D eigenvalue weighted by Crippen LogP contribution is -2.40. The Morgan fingerprint density at radius 1 is 1.32 bits per heavy atom. The highest BCUT2D eigenvalue weighted by Gasteiger charge is 2.27. The minimum atomic E-state index is 0.0252. The van der Waals surface area contributed by atoms with Gasteiger partial charge in [0.15, 0.2) is 5.89 Å². The summed E-state index contributed by atoms with van der Waals surface area (Å²) in [5, 5.41) is 0. The molecule has 3 rings (SSSR count). The van der Waals surface area contributed by atoms with Gasteiger partial charge < -0.3 is 18.8 Å². The zero-order chi connectivity index (χ0) is 17.6. The number of piperidine rings is 1. The molecule has 1 aliphatic rings. The van der Waals surface area contributed by atoms with Crippen molar-refractivity contribution in [2.45, 2.75) is 25.2 Å². The van der Waals surface area contributed by atoms with Crippen molar-refractivity contribution in [2.24, 2.45) is 0 Å². The van der Waals surface area contributed by atoms with Gasteiger partial charge in [-0.1, -0.05) is 12.1 Å². The summed E-state index contributed by atoms with van der Waals surface area (Å²) in [6.45, 7) is 1.55. The first-order valence-electron chi connectivity index (χ1n) is 8.54. The second kappa shape index (κ2) is 8.16. The number of aromatic nitrogens is 1. The quantitative estimate of drug-likeness (QED) is 0.806. The number of carbonyl (C=O) groups excluding carboxylic acids is 1. The van der Waals surface area contributed by atoms with Crippen LogP contribution < -0.4 is 4.74 Å². The van der Waals surface area contributed by atoms with Crippen LogP contribution in [-0.4, -0.2) is 49.7 Å². The Morgan fingerprint density at radius 2 is 2.12 bits per heavy atom. The van der Waals surface area contributed by atoms with Gasteiger partial charge in [-0.3, -0.25) is 4.79 Å². The van der Waals surface area contributed by atoms with Gasteiger partial charge in [0, 0.05) is 26.6 Å². The Kier molecular flexibility index (Phi) is 5.71. The van der Waals surface area contributed by atoms with E-state index in [0.717, 1.165) is 42.4 Å². The van der Waals surface area contributed by atoms with Crippen LogP contribution in [-0.2, 0) is 16.0 Å². The van der Waals surface area contributed by atoms with Crippen LogP contribution in [0, 0.1) is 0 Å². The number of hydrogen-bond acceptors (Lipinski definition) is 5. The molecule has 6 nitrogen and oxygen atoms in total. The monoisotopic (exact) mass is 344 g/mol. The molecule has 0 unspecified atom stereocenters. The highest BCUT2D eigenvalue weighted by molar-refractivity contribution is 5.77. The maximum Gasteiger partial charge on any atom is 0.248 e. The SMILES string of the molecule is COCC(=O)N1CCC[C@H](c2ncc(Cc3ccc(OC)cc3)o2)C1. The molecule has 2 heterocycles. The van der Waals surface area contributed by atoms with Crippen LogP contribution in [0.25, 0.3) is 0 Å². The first-order chi connectivity index (χ1) is 12.2. The van der Waals surface area contributed by atoms with Crippen molar-refractivity contribution in [1.29, 1.82) is 0 Å². The van der Waals surface area contributed by atoms with Crippen molar-refractivity contribution in [3.8, 4) is 5.75 Å². The van der Waals surface area contributed by atoms with Crippen molar-refractivity contribution in [3.05, 3.63) is 47.7 Å². The molecule has 1 aromatic heterocycles. The highest BCUT2D eigenvalue weighted by atomic mass is 16.5. The second-order valence-corrected chi connectivity index (χ2v) is 6.30. The highest BCUT2D eigenvalue weighted by Crippen LogP contribution is 2.27. The van der Waals surface area contributed by atoms with E-state index in [1.807, 2.05) is 29.2 Å². The number of likely N-dealkylation sites (tertiary alicyclic amines) is 1. The summed E-state index contributed by atoms with van der Waals surface area (Å²) in [7, 11) is 3.20. The summed E-state index contributed by atoms with van der Waals surface area (Å²) in [6, 6.07) is 7.92. The Balaban J connectivity index is 1.63. The summed E-state index contributed by atoms with van der Waals surface area (Å²) < 4.78 is 16.1. The van der Waals surface area contributed by atoms with Gasteiger partial charge in [0.25, 0.3) is 0 Å². The molecule has 0 radical (unpaired) electrons. The number of hydrogen-bond donors (Lipinski definition) is 0. The number of amides is 1. The first-order valence-corrected chi connectivity index (χ1v) is 8.54. The summed E-state index contributed by atoms with van der Waals surface area (Å²) in [5.41, 5.74) is 1.14. The lowest BCUT2D eigenvalue weighted by atomic mass is 9.98. The Morgan fingerprint density at radius 3 is 2.84 bits per heavy atom. The number of ether oxygens (including phenoxy) is 2. The van der Waals surface area contributed by atoms with E-state index >= 15 is 0 Å². The number of rotatable bonds is 6. The summed E-state index contributed by atoms with van der Waals surface area (Å²) >= 11 is 0. The van der Waals surface area contributed by atoms with Gasteiger partial charge in [0.05, 0.1) is 19.2 Å². The number of nitrogens with zero attached hydrogens (tertiary/aromatic N) is 2. The molecular formula is C19H24N2O4. The standard InChI is InChI=1S/C19H24N2O4/c1-23-13-18(22)21-9-3-4-15(12-21)19-20-11-17(25-19)10-14-5-7-16(24-2)8-6-14/h5-8,11,15H,3-4,9-10,12-13H2,1-2H3/t15-/m0/s1. The fourth-order valence-corrected chi connectivity index (χ4v) is 3.16. The normalized spacial score (nSPS) is 17.5. The van der Waals surface area contributed by atoms with Crippen molar-refractivity contribution in [2.75, 3.05) is 33.9 Å². The number of benzene rings is 1. The van der Waals surface area contributed by atoms with Crippen molar-refractivity contribution >= 4 is 5.91 Å². The Hall–Kier alpha value is -2.34. The third kappa shape index (κ3) is 4.39. The average Bonchev–Trinajstić information content (AvgIpc) is 3.11. The second-order valence-electron chi connectivity index (χ2n) is 6.30. The molecule has 0 bridgehead atoms. The summed E-state index contributed by atoms with van der Waals surface area (Å²) in [4.78, 5) is 18.3. The van der Waals surface area contributed by atoms with Crippen LogP contribution in [0.5, 0.6) is 5.75 Å². The van der Waals surface area contributed by atoms with Crippen LogP contribution in [0.2, 0.25) is 0 Å². The fraction of sp³-hybridized carbons (Fsp3) is 0.474. The van der Waals surface area contributed by atoms with E-state index in [0.29, 0.717) is 13.0 Å². The molecule has 0 spiro atoms. The van der Waals surface area contributed by atoms with E-state index in [-0.39, 0.29) is 18.4 Å². The topological polar surface area (TPSA) is 64.8 Å². The Bertz CT molecular complexity index is 696. The van der Waals surface area contributed by atoms with Gasteiger partial charge in [-0.2, -0.15) is 0 Å². The summed E-state index contributed by atoms with van der Waals surface area (Å²) in [5.74, 6) is 2.57. The van der Waals surface area contributed by atoms with Gasteiger partial charge in [0.1, 0.15) is 18.1 Å². The number of methoxy groups -OCH3 is 2. The number of oxazole rings is 1. The third-order valence-electron chi connectivity index (χ3n) is 4.50. The van der Waals surface area contributed by atoms with Gasteiger partial charge in [-0.15, -0.1) is 0 Å². The maximum atomic E-state index is 12.0. The van der Waals surface area contributed by atoms with Crippen LogP contribution in [0.3, 0.4) is 0 Å². The maximum absolute atomic E-state index is 12.0. The molecular weight excluding hydrogens is 320 g/mol. The molecule has 1 amide bonds. The van der Waals surface area contributed by atoms with Gasteiger partial charge in [-0.05, 0) is 30.5 Å². The van der Waals surface area contributed by atoms with Crippen molar-refractivity contribution in [3.63, 3.8) is 0 Å². The predicted octanol–water partition coefficient (Wildman–Crippen LogP) is 2.63. The van der Waals surface area contributed by atoms with E-state index in [1.54, 1.807) is 20.4 Å². The van der Waals surface area contributed by atoms with E-state index < -0.39 is 0 Å². The van der Waals surface area contributed by atoms with E-state index in [4.69, 9.17) is 13.9 Å². The molecule has 0 N–H and O–H groups in total. The van der Waals surface area contributed by atoms with Crippen molar-refractivity contribution in [1.82, 2.24) is 9.88 Å². The molecule has 1 saturated heterocycles. The smallest absolute Gasteiger partial charge is 0.248 e. The molecule has 1 fully saturated rings. The predicted molar refractivity (Wildman–Crippen MR) is 92.7 cm³/mol.